The molecule has 0 bridgehead atoms. The average Bonchev–Trinajstić information content (AvgIpc) is 2.41. The highest BCUT2D eigenvalue weighted by molar-refractivity contribution is 5.30. The monoisotopic (exact) mass is 266 g/mol. The largest absolute Gasteiger partial charge is 0.494 e. The van der Waals surface area contributed by atoms with Crippen molar-refractivity contribution in [2.24, 2.45) is 0 Å². The van der Waals surface area contributed by atoms with Crippen LogP contribution >= 0.6 is 0 Å². The predicted octanol–water partition coefficient (Wildman–Crippen LogP) is 1.66. The number of ether oxygens (including phenoxy) is 1. The number of rotatable bonds is 9. The summed E-state index contributed by atoms with van der Waals surface area (Å²) in [5.74, 6) is 0.868. The Balaban J connectivity index is 2.58. The van der Waals surface area contributed by atoms with E-state index in [2.05, 4.69) is 17.1 Å². The molecule has 0 aliphatic heterocycles. The Labute approximate surface area is 116 Å². The molecule has 0 saturated heterocycles. The summed E-state index contributed by atoms with van der Waals surface area (Å²) >= 11 is 0. The van der Waals surface area contributed by atoms with Gasteiger partial charge in [-0.15, -0.1) is 0 Å². The van der Waals surface area contributed by atoms with E-state index in [1.165, 1.54) is 0 Å². The van der Waals surface area contributed by atoms with E-state index in [0.717, 1.165) is 37.4 Å². The predicted molar refractivity (Wildman–Crippen MR) is 78.6 cm³/mol. The Bertz CT molecular complexity index is 356. The third-order valence-corrected chi connectivity index (χ3v) is 2.87. The molecular weight excluding hydrogens is 240 g/mol. The molecule has 19 heavy (non-hydrogen) atoms. The zero-order chi connectivity index (χ0) is 14.1. The highest BCUT2D eigenvalue weighted by Crippen LogP contribution is 2.19. The van der Waals surface area contributed by atoms with Crippen molar-refractivity contribution in [2.75, 3.05) is 40.4 Å². The zero-order valence-electron chi connectivity index (χ0n) is 12.2. The molecule has 108 valence electrons. The summed E-state index contributed by atoms with van der Waals surface area (Å²) in [5.41, 5.74) is 1.06. The molecule has 1 atom stereocenters. The highest BCUT2D eigenvalue weighted by Gasteiger charge is 2.10. The van der Waals surface area contributed by atoms with Gasteiger partial charge in [-0.05, 0) is 38.2 Å². The number of likely N-dealkylation sites (N-methyl/N-ethyl adjacent to an activating group) is 1. The third-order valence-electron chi connectivity index (χ3n) is 2.87. The topological polar surface area (TPSA) is 44.7 Å². The van der Waals surface area contributed by atoms with Gasteiger partial charge in [0.1, 0.15) is 5.75 Å². The molecule has 0 aliphatic carbocycles. The van der Waals surface area contributed by atoms with Gasteiger partial charge in [0.15, 0.2) is 0 Å². The summed E-state index contributed by atoms with van der Waals surface area (Å²) in [6.07, 6.45) is 0.995. The van der Waals surface area contributed by atoms with Crippen LogP contribution in [0.1, 0.15) is 24.9 Å². The molecule has 4 heteroatoms. The van der Waals surface area contributed by atoms with Gasteiger partial charge in [0.2, 0.25) is 0 Å². The van der Waals surface area contributed by atoms with Gasteiger partial charge in [0.25, 0.3) is 0 Å². The van der Waals surface area contributed by atoms with E-state index in [9.17, 15) is 5.11 Å². The van der Waals surface area contributed by atoms with E-state index in [0.29, 0.717) is 0 Å². The number of hydrogen-bond donors (Lipinski definition) is 2. The summed E-state index contributed by atoms with van der Waals surface area (Å²) in [7, 11) is 4.07. The van der Waals surface area contributed by atoms with Crippen molar-refractivity contribution in [2.45, 2.75) is 19.4 Å². The maximum Gasteiger partial charge on any atom is 0.119 e. The van der Waals surface area contributed by atoms with Crippen LogP contribution in [0.25, 0.3) is 0 Å². The van der Waals surface area contributed by atoms with Crippen molar-refractivity contribution >= 4 is 0 Å². The molecule has 4 nitrogen and oxygen atoms in total. The summed E-state index contributed by atoms with van der Waals surface area (Å²) in [6.45, 7) is 4.69. The maximum atomic E-state index is 9.49. The van der Waals surface area contributed by atoms with E-state index in [1.54, 1.807) is 0 Å². The maximum absolute atomic E-state index is 9.49. The molecule has 1 rings (SSSR count). The Morgan fingerprint density at radius 3 is 2.79 bits per heavy atom. The van der Waals surface area contributed by atoms with Gasteiger partial charge in [-0.3, -0.25) is 0 Å². The van der Waals surface area contributed by atoms with Crippen LogP contribution in [-0.4, -0.2) is 50.4 Å². The fourth-order valence-corrected chi connectivity index (χ4v) is 1.79. The van der Waals surface area contributed by atoms with Crippen molar-refractivity contribution in [3.05, 3.63) is 29.8 Å². The second-order valence-corrected chi connectivity index (χ2v) is 4.91. The molecule has 0 spiro atoms. The minimum absolute atomic E-state index is 0.0369. The van der Waals surface area contributed by atoms with Crippen LogP contribution in [0.4, 0.5) is 0 Å². The molecule has 0 saturated carbocycles. The van der Waals surface area contributed by atoms with Gasteiger partial charge in [0.05, 0.1) is 19.3 Å². The van der Waals surface area contributed by atoms with Crippen molar-refractivity contribution in [1.82, 2.24) is 10.2 Å². The van der Waals surface area contributed by atoms with Crippen LogP contribution in [0, 0.1) is 0 Å². The summed E-state index contributed by atoms with van der Waals surface area (Å²) in [4.78, 5) is 2.11. The highest BCUT2D eigenvalue weighted by atomic mass is 16.5. The Hall–Kier alpha value is -1.10. The summed E-state index contributed by atoms with van der Waals surface area (Å²) in [6, 6.07) is 7.90. The number of hydrogen-bond acceptors (Lipinski definition) is 4. The smallest absolute Gasteiger partial charge is 0.119 e. The fraction of sp³-hybridized carbons (Fsp3) is 0.600. The minimum Gasteiger partial charge on any atom is -0.494 e. The first kappa shape index (κ1) is 16.0. The number of aliphatic hydroxyl groups is 1. The molecule has 0 radical (unpaired) electrons. The molecule has 0 heterocycles. The summed E-state index contributed by atoms with van der Waals surface area (Å²) in [5, 5.41) is 12.8. The second-order valence-electron chi connectivity index (χ2n) is 4.91. The van der Waals surface area contributed by atoms with Crippen LogP contribution < -0.4 is 10.1 Å². The molecule has 2 N–H and O–H groups in total. The third kappa shape index (κ3) is 6.05. The second kappa shape index (κ2) is 8.91. The van der Waals surface area contributed by atoms with Crippen LogP contribution in [0.15, 0.2) is 24.3 Å². The fourth-order valence-electron chi connectivity index (χ4n) is 1.79. The molecule has 1 aromatic rings. The molecule has 0 aromatic heterocycles. The first-order chi connectivity index (χ1) is 9.17. The Morgan fingerprint density at radius 1 is 1.37 bits per heavy atom. The lowest BCUT2D eigenvalue weighted by Gasteiger charge is -2.19. The Morgan fingerprint density at radius 2 is 2.16 bits per heavy atom. The summed E-state index contributed by atoms with van der Waals surface area (Å²) < 4.78 is 5.62. The lowest BCUT2D eigenvalue weighted by atomic mass is 10.1. The van der Waals surface area contributed by atoms with Gasteiger partial charge >= 0.3 is 0 Å². The van der Waals surface area contributed by atoms with Crippen LogP contribution in [0.2, 0.25) is 0 Å². The van der Waals surface area contributed by atoms with Gasteiger partial charge < -0.3 is 20.1 Å². The molecule has 1 unspecified atom stereocenters. The van der Waals surface area contributed by atoms with E-state index in [-0.39, 0.29) is 12.6 Å². The molecule has 0 fully saturated rings. The van der Waals surface area contributed by atoms with Crippen LogP contribution in [0.5, 0.6) is 5.75 Å². The van der Waals surface area contributed by atoms with E-state index in [1.807, 2.05) is 38.4 Å². The van der Waals surface area contributed by atoms with Crippen LogP contribution in [0.3, 0.4) is 0 Å². The van der Waals surface area contributed by atoms with Crippen LogP contribution in [-0.2, 0) is 0 Å². The number of nitrogens with zero attached hydrogens (tertiary/aromatic N) is 1. The van der Waals surface area contributed by atoms with Gasteiger partial charge in [0, 0.05) is 13.1 Å². The van der Waals surface area contributed by atoms with Crippen molar-refractivity contribution in [3.8, 4) is 5.75 Å². The average molecular weight is 266 g/mol. The van der Waals surface area contributed by atoms with Gasteiger partial charge in [-0.1, -0.05) is 19.1 Å². The lowest BCUT2D eigenvalue weighted by Crippen LogP contribution is -2.31. The van der Waals surface area contributed by atoms with Gasteiger partial charge in [-0.2, -0.15) is 0 Å². The number of benzene rings is 1. The normalized spacial score (nSPS) is 12.7. The van der Waals surface area contributed by atoms with E-state index in [4.69, 9.17) is 4.74 Å². The molecule has 0 aliphatic rings. The minimum atomic E-state index is -0.0369. The van der Waals surface area contributed by atoms with E-state index < -0.39 is 0 Å². The van der Waals surface area contributed by atoms with E-state index >= 15 is 0 Å². The molecule has 0 amide bonds. The molecule has 1 aromatic carbocycles. The molecular formula is C15H26N2O2. The van der Waals surface area contributed by atoms with Gasteiger partial charge in [-0.25, -0.2) is 0 Å². The lowest BCUT2D eigenvalue weighted by molar-refractivity contribution is 0.239. The first-order valence-corrected chi connectivity index (χ1v) is 6.89. The Kier molecular flexibility index (Phi) is 7.48. The SMILES string of the molecule is CCCOc1cccc(C(CO)NCCN(C)C)c1. The number of aliphatic hydroxyl groups excluding tert-OH is 1. The zero-order valence-corrected chi connectivity index (χ0v) is 12.2. The standard InChI is InChI=1S/C15H26N2O2/c1-4-10-19-14-7-5-6-13(11-14)15(12-18)16-8-9-17(2)3/h5-7,11,15-16,18H,4,8-10,12H2,1-3H3. The quantitative estimate of drug-likeness (QED) is 0.713. The van der Waals surface area contributed by atoms with Crippen molar-refractivity contribution in [3.63, 3.8) is 0 Å². The van der Waals surface area contributed by atoms with Crippen molar-refractivity contribution in [1.29, 1.82) is 0 Å². The van der Waals surface area contributed by atoms with Crippen molar-refractivity contribution < 1.29 is 9.84 Å². The number of nitrogens with one attached hydrogen (secondary N) is 1. The first-order valence-electron chi connectivity index (χ1n) is 6.89.